The van der Waals surface area contributed by atoms with Crippen LogP contribution < -0.4 is 0 Å². The van der Waals surface area contributed by atoms with Gasteiger partial charge in [0.15, 0.2) is 0 Å². The van der Waals surface area contributed by atoms with E-state index < -0.39 is 0 Å². The molecule has 0 fully saturated rings. The smallest absolute Gasteiger partial charge is 0.0656 e. The minimum atomic E-state index is 0.0864. The van der Waals surface area contributed by atoms with E-state index in [0.29, 0.717) is 6.42 Å². The summed E-state index contributed by atoms with van der Waals surface area (Å²) in [5, 5.41) is 16.8. The molecule has 1 unspecified atom stereocenters. The van der Waals surface area contributed by atoms with Gasteiger partial charge in [-0.25, -0.2) is 0 Å². The maximum atomic E-state index is 8.53. The molecule has 0 rings (SSSR count). The van der Waals surface area contributed by atoms with Gasteiger partial charge in [-0.05, 0) is 26.7 Å². The quantitative estimate of drug-likeness (QED) is 0.471. The van der Waals surface area contributed by atoms with Gasteiger partial charge in [0.25, 0.3) is 0 Å². The molecule has 0 aromatic carbocycles. The van der Waals surface area contributed by atoms with E-state index in [1.54, 1.807) is 0 Å². The van der Waals surface area contributed by atoms with Crippen LogP contribution in [0.4, 0.5) is 0 Å². The summed E-state index contributed by atoms with van der Waals surface area (Å²) in [5.74, 6) is 0.0864. The molecule has 0 aromatic rings. The molecule has 64 valence electrons. The second-order valence-electron chi connectivity index (χ2n) is 2.98. The molecule has 0 aromatic heterocycles. The molecular weight excluding hydrogens is 148 g/mol. The van der Waals surface area contributed by atoms with Crippen molar-refractivity contribution in [3.8, 4) is 12.1 Å². The summed E-state index contributed by atoms with van der Waals surface area (Å²) in [4.78, 5) is 0. The first-order chi connectivity index (χ1) is 5.70. The average Bonchev–Trinajstić information content (AvgIpc) is 2.05. The van der Waals surface area contributed by atoms with Crippen LogP contribution in [0.5, 0.6) is 0 Å². The van der Waals surface area contributed by atoms with E-state index in [1.807, 2.05) is 19.9 Å². The Bertz CT molecular complexity index is 227. The zero-order valence-corrected chi connectivity index (χ0v) is 7.67. The number of allylic oxidation sites excluding steroid dienone is 2. The molecule has 0 amide bonds. The zero-order chi connectivity index (χ0) is 9.40. The van der Waals surface area contributed by atoms with Gasteiger partial charge in [-0.2, -0.15) is 10.5 Å². The maximum absolute atomic E-state index is 8.53. The van der Waals surface area contributed by atoms with Crippen LogP contribution in [0.3, 0.4) is 0 Å². The largest absolute Gasteiger partial charge is 0.198 e. The van der Waals surface area contributed by atoms with Gasteiger partial charge in [0.05, 0.1) is 12.1 Å². The zero-order valence-electron chi connectivity index (χ0n) is 7.67. The standard InChI is InChI=1S/C10H14N2/c1-9(5-3-4-6-11)7-10(2)8-12/h5,10H,3-4,7H2,1-2H3. The van der Waals surface area contributed by atoms with Crippen molar-refractivity contribution in [2.45, 2.75) is 33.1 Å². The Kier molecular flexibility index (Phi) is 5.75. The first-order valence-corrected chi connectivity index (χ1v) is 4.13. The van der Waals surface area contributed by atoms with Crippen molar-refractivity contribution < 1.29 is 0 Å². The molecule has 1 atom stereocenters. The fraction of sp³-hybridized carbons (Fsp3) is 0.600. The van der Waals surface area contributed by atoms with Crippen molar-refractivity contribution in [3.63, 3.8) is 0 Å². The van der Waals surface area contributed by atoms with Crippen LogP contribution in [-0.2, 0) is 0 Å². The van der Waals surface area contributed by atoms with Crippen molar-refractivity contribution in [2.24, 2.45) is 5.92 Å². The van der Waals surface area contributed by atoms with Gasteiger partial charge in [0, 0.05) is 12.3 Å². The molecule has 2 nitrogen and oxygen atoms in total. The van der Waals surface area contributed by atoms with Crippen molar-refractivity contribution in [2.75, 3.05) is 0 Å². The SMILES string of the molecule is CC(=CCCC#N)CC(C)C#N. The fourth-order valence-electron chi connectivity index (χ4n) is 0.995. The highest BCUT2D eigenvalue weighted by Crippen LogP contribution is 2.10. The lowest BCUT2D eigenvalue weighted by atomic mass is 10.0. The molecule has 12 heavy (non-hydrogen) atoms. The molecule has 2 heteroatoms. The van der Waals surface area contributed by atoms with E-state index in [1.165, 1.54) is 5.57 Å². The summed E-state index contributed by atoms with van der Waals surface area (Å²) < 4.78 is 0. The Labute approximate surface area is 74.1 Å². The molecule has 0 aliphatic rings. The lowest BCUT2D eigenvalue weighted by Gasteiger charge is -2.01. The number of hydrogen-bond donors (Lipinski definition) is 0. The van der Waals surface area contributed by atoms with Crippen LogP contribution in [0.25, 0.3) is 0 Å². The van der Waals surface area contributed by atoms with Crippen LogP contribution in [0.15, 0.2) is 11.6 Å². The van der Waals surface area contributed by atoms with Crippen molar-refractivity contribution >= 4 is 0 Å². The van der Waals surface area contributed by atoms with Crippen LogP contribution in [0.2, 0.25) is 0 Å². The molecule has 0 aliphatic heterocycles. The second kappa shape index (κ2) is 6.43. The van der Waals surface area contributed by atoms with E-state index in [9.17, 15) is 0 Å². The average molecular weight is 162 g/mol. The molecule has 0 aliphatic carbocycles. The Balaban J connectivity index is 3.73. The number of nitrogens with zero attached hydrogens (tertiary/aromatic N) is 2. The molecule has 0 heterocycles. The Morgan fingerprint density at radius 2 is 2.17 bits per heavy atom. The van der Waals surface area contributed by atoms with Gasteiger partial charge in [-0.1, -0.05) is 11.6 Å². The first kappa shape index (κ1) is 10.7. The third-order valence-corrected chi connectivity index (χ3v) is 1.60. The lowest BCUT2D eigenvalue weighted by molar-refractivity contribution is 0.727. The van der Waals surface area contributed by atoms with Gasteiger partial charge < -0.3 is 0 Å². The normalized spacial score (nSPS) is 13.2. The third-order valence-electron chi connectivity index (χ3n) is 1.60. The van der Waals surface area contributed by atoms with E-state index in [2.05, 4.69) is 12.1 Å². The molecule has 0 saturated carbocycles. The maximum Gasteiger partial charge on any atom is 0.0656 e. The molecule has 0 N–H and O–H groups in total. The summed E-state index contributed by atoms with van der Waals surface area (Å²) in [6, 6.07) is 4.26. The predicted molar refractivity (Wildman–Crippen MR) is 48.0 cm³/mol. The Hall–Kier alpha value is -1.28. The van der Waals surface area contributed by atoms with Gasteiger partial charge in [-0.15, -0.1) is 0 Å². The summed E-state index contributed by atoms with van der Waals surface area (Å²) in [6.07, 6.45) is 4.23. The predicted octanol–water partition coefficient (Wildman–Crippen LogP) is 2.79. The minimum Gasteiger partial charge on any atom is -0.198 e. The number of nitriles is 2. The van der Waals surface area contributed by atoms with Crippen molar-refractivity contribution in [1.82, 2.24) is 0 Å². The fourth-order valence-corrected chi connectivity index (χ4v) is 0.995. The van der Waals surface area contributed by atoms with Crippen LogP contribution in [0.1, 0.15) is 33.1 Å². The van der Waals surface area contributed by atoms with Gasteiger partial charge in [-0.3, -0.25) is 0 Å². The molecule has 0 spiro atoms. The van der Waals surface area contributed by atoms with Crippen LogP contribution in [0, 0.1) is 28.6 Å². The first-order valence-electron chi connectivity index (χ1n) is 4.13. The third kappa shape index (κ3) is 5.50. The molecule has 0 bridgehead atoms. The van der Waals surface area contributed by atoms with Gasteiger partial charge in [0.1, 0.15) is 0 Å². The summed E-state index contributed by atoms with van der Waals surface area (Å²) >= 11 is 0. The highest BCUT2D eigenvalue weighted by molar-refractivity contribution is 5.02. The molecular formula is C10H14N2. The molecule has 0 saturated heterocycles. The van der Waals surface area contributed by atoms with E-state index >= 15 is 0 Å². The summed E-state index contributed by atoms with van der Waals surface area (Å²) in [7, 11) is 0. The van der Waals surface area contributed by atoms with E-state index in [0.717, 1.165) is 12.8 Å². The van der Waals surface area contributed by atoms with Crippen LogP contribution >= 0.6 is 0 Å². The van der Waals surface area contributed by atoms with Crippen molar-refractivity contribution in [3.05, 3.63) is 11.6 Å². The number of hydrogen-bond acceptors (Lipinski definition) is 2. The number of unbranched alkanes of at least 4 members (excludes halogenated alkanes) is 1. The lowest BCUT2D eigenvalue weighted by Crippen LogP contribution is -1.90. The highest BCUT2D eigenvalue weighted by atomic mass is 14.3. The highest BCUT2D eigenvalue weighted by Gasteiger charge is 1.99. The van der Waals surface area contributed by atoms with E-state index in [-0.39, 0.29) is 5.92 Å². The Morgan fingerprint density at radius 1 is 1.50 bits per heavy atom. The van der Waals surface area contributed by atoms with Gasteiger partial charge >= 0.3 is 0 Å². The van der Waals surface area contributed by atoms with Crippen molar-refractivity contribution in [1.29, 1.82) is 10.5 Å². The summed E-state index contributed by atoms with van der Waals surface area (Å²) in [5.41, 5.74) is 1.21. The minimum absolute atomic E-state index is 0.0864. The topological polar surface area (TPSA) is 47.6 Å². The summed E-state index contributed by atoms with van der Waals surface area (Å²) in [6.45, 7) is 3.91. The monoisotopic (exact) mass is 162 g/mol. The second-order valence-corrected chi connectivity index (χ2v) is 2.98. The van der Waals surface area contributed by atoms with E-state index in [4.69, 9.17) is 10.5 Å². The molecule has 0 radical (unpaired) electrons. The Morgan fingerprint density at radius 3 is 2.67 bits per heavy atom. The number of rotatable bonds is 4. The van der Waals surface area contributed by atoms with Gasteiger partial charge in [0.2, 0.25) is 0 Å². The van der Waals surface area contributed by atoms with Crippen LogP contribution in [-0.4, -0.2) is 0 Å².